The van der Waals surface area contributed by atoms with Crippen molar-refractivity contribution in [2.75, 3.05) is 11.5 Å². The summed E-state index contributed by atoms with van der Waals surface area (Å²) in [5.74, 6) is 3.35. The van der Waals surface area contributed by atoms with Gasteiger partial charge in [0.25, 0.3) is 0 Å². The highest BCUT2D eigenvalue weighted by atomic mass is 32.2. The van der Waals surface area contributed by atoms with Crippen molar-refractivity contribution >= 4 is 23.5 Å². The fourth-order valence-corrected chi connectivity index (χ4v) is 6.48. The third-order valence-corrected chi connectivity index (χ3v) is 8.04. The normalized spacial score (nSPS) is 14.9. The van der Waals surface area contributed by atoms with Crippen molar-refractivity contribution in [1.82, 2.24) is 39.5 Å². The van der Waals surface area contributed by atoms with Gasteiger partial charge in [-0.05, 0) is 49.7 Å². The minimum Gasteiger partial charge on any atom is -0.297 e. The Bertz CT molecular complexity index is 1480. The van der Waals surface area contributed by atoms with Crippen molar-refractivity contribution in [3.8, 4) is 28.6 Å². The molecule has 35 heavy (non-hydrogen) atoms. The summed E-state index contributed by atoms with van der Waals surface area (Å²) in [6, 6.07) is 16.5. The molecule has 6 rings (SSSR count). The van der Waals surface area contributed by atoms with Crippen LogP contribution < -0.4 is 0 Å². The van der Waals surface area contributed by atoms with E-state index in [-0.39, 0.29) is 6.04 Å². The average molecular weight is 499 g/mol. The summed E-state index contributed by atoms with van der Waals surface area (Å²) in [5, 5.41) is 19.8. The quantitative estimate of drug-likeness (QED) is 0.301. The molecule has 1 aliphatic rings. The average Bonchev–Trinajstić information content (AvgIpc) is 3.60. The lowest BCUT2D eigenvalue weighted by molar-refractivity contribution is 0.596. The molecule has 0 aliphatic carbocycles. The molecule has 4 aromatic heterocycles. The lowest BCUT2D eigenvalue weighted by atomic mass is 10.1. The number of rotatable bonds is 6. The maximum atomic E-state index is 4.60. The molecule has 1 unspecified atom stereocenters. The standard InChI is InChI=1S/C25H22N8S2/c1-16-8-9-21(17(2)12-16)33-23(20-7-3-4-11-27-20)29-31-25(33)35-15-19-14-34-24-30-28-22(32(19)24)18-6-5-10-26-13-18/h3-13,19H,14-15H2,1-2H3. The Kier molecular flexibility index (Phi) is 5.83. The monoisotopic (exact) mass is 498 g/mol. The van der Waals surface area contributed by atoms with Crippen molar-refractivity contribution in [2.24, 2.45) is 0 Å². The van der Waals surface area contributed by atoms with Gasteiger partial charge in [-0.2, -0.15) is 0 Å². The SMILES string of the molecule is Cc1ccc(-n2c(SCC3CSc4nnc(-c5cccnc5)n43)nnc2-c2ccccn2)c(C)c1. The number of fused-ring (bicyclic) bond motifs is 1. The number of benzene rings is 1. The highest BCUT2D eigenvalue weighted by Crippen LogP contribution is 2.39. The second kappa shape index (κ2) is 9.27. The van der Waals surface area contributed by atoms with Gasteiger partial charge in [-0.3, -0.25) is 19.1 Å². The lowest BCUT2D eigenvalue weighted by Crippen LogP contribution is -2.12. The fraction of sp³-hybridized carbons (Fsp3) is 0.200. The molecule has 5 heterocycles. The van der Waals surface area contributed by atoms with Gasteiger partial charge in [-0.15, -0.1) is 20.4 Å². The number of nitrogens with zero attached hydrogens (tertiary/aromatic N) is 8. The van der Waals surface area contributed by atoms with Crippen molar-refractivity contribution in [3.63, 3.8) is 0 Å². The van der Waals surface area contributed by atoms with Crippen LogP contribution in [0.5, 0.6) is 0 Å². The van der Waals surface area contributed by atoms with Gasteiger partial charge in [0.2, 0.25) is 0 Å². The van der Waals surface area contributed by atoms with Crippen LogP contribution in [0.3, 0.4) is 0 Å². The van der Waals surface area contributed by atoms with E-state index in [1.54, 1.807) is 35.9 Å². The van der Waals surface area contributed by atoms with E-state index in [1.807, 2.05) is 36.5 Å². The zero-order chi connectivity index (χ0) is 23.8. The van der Waals surface area contributed by atoms with Crippen LogP contribution in [0.15, 0.2) is 77.4 Å². The summed E-state index contributed by atoms with van der Waals surface area (Å²) in [7, 11) is 0. The lowest BCUT2D eigenvalue weighted by Gasteiger charge is -2.16. The topological polar surface area (TPSA) is 87.2 Å². The Morgan fingerprint density at radius 2 is 1.89 bits per heavy atom. The summed E-state index contributed by atoms with van der Waals surface area (Å²) in [6.45, 7) is 4.23. The smallest absolute Gasteiger partial charge is 0.196 e. The van der Waals surface area contributed by atoms with Gasteiger partial charge in [0.05, 0.1) is 11.7 Å². The van der Waals surface area contributed by atoms with E-state index < -0.39 is 0 Å². The van der Waals surface area contributed by atoms with E-state index in [0.29, 0.717) is 0 Å². The van der Waals surface area contributed by atoms with Gasteiger partial charge in [-0.25, -0.2) is 0 Å². The number of thioether (sulfide) groups is 2. The third-order valence-electron chi connectivity index (χ3n) is 5.88. The summed E-state index contributed by atoms with van der Waals surface area (Å²) in [5.41, 5.74) is 5.22. The largest absolute Gasteiger partial charge is 0.297 e. The zero-order valence-corrected chi connectivity index (χ0v) is 20.9. The van der Waals surface area contributed by atoms with Crippen LogP contribution >= 0.6 is 23.5 Å². The van der Waals surface area contributed by atoms with Gasteiger partial charge < -0.3 is 0 Å². The van der Waals surface area contributed by atoms with Crippen molar-refractivity contribution in [1.29, 1.82) is 0 Å². The molecule has 10 heteroatoms. The van der Waals surface area contributed by atoms with Gasteiger partial charge in [0, 0.05) is 35.7 Å². The van der Waals surface area contributed by atoms with Crippen molar-refractivity contribution in [3.05, 3.63) is 78.2 Å². The van der Waals surface area contributed by atoms with Crippen LogP contribution in [0, 0.1) is 13.8 Å². The molecule has 1 aliphatic heterocycles. The highest BCUT2D eigenvalue weighted by molar-refractivity contribution is 8.00. The Morgan fingerprint density at radius 3 is 2.69 bits per heavy atom. The van der Waals surface area contributed by atoms with Crippen LogP contribution in [-0.4, -0.2) is 51.0 Å². The van der Waals surface area contributed by atoms with Crippen LogP contribution in [0.4, 0.5) is 0 Å². The Morgan fingerprint density at radius 1 is 0.971 bits per heavy atom. The van der Waals surface area contributed by atoms with E-state index in [1.165, 1.54) is 11.1 Å². The number of hydrogen-bond donors (Lipinski definition) is 0. The summed E-state index contributed by atoms with van der Waals surface area (Å²) < 4.78 is 4.35. The molecule has 1 atom stereocenters. The predicted molar refractivity (Wildman–Crippen MR) is 138 cm³/mol. The first-order valence-electron chi connectivity index (χ1n) is 11.2. The second-order valence-corrected chi connectivity index (χ2v) is 10.3. The molecule has 0 fully saturated rings. The van der Waals surface area contributed by atoms with Crippen LogP contribution in [0.2, 0.25) is 0 Å². The van der Waals surface area contributed by atoms with Gasteiger partial charge in [0.1, 0.15) is 5.69 Å². The molecule has 8 nitrogen and oxygen atoms in total. The van der Waals surface area contributed by atoms with Crippen molar-refractivity contribution < 1.29 is 0 Å². The second-order valence-electron chi connectivity index (χ2n) is 8.34. The molecule has 0 saturated heterocycles. The molecule has 0 spiro atoms. The Balaban J connectivity index is 1.35. The fourth-order valence-electron chi connectivity index (χ4n) is 4.23. The van der Waals surface area contributed by atoms with Crippen LogP contribution in [-0.2, 0) is 0 Å². The molecule has 0 saturated carbocycles. The third kappa shape index (κ3) is 4.12. The highest BCUT2D eigenvalue weighted by Gasteiger charge is 2.29. The van der Waals surface area contributed by atoms with Crippen LogP contribution in [0.25, 0.3) is 28.6 Å². The first-order chi connectivity index (χ1) is 17.2. The number of aromatic nitrogens is 8. The minimum absolute atomic E-state index is 0.229. The minimum atomic E-state index is 0.229. The van der Waals surface area contributed by atoms with Gasteiger partial charge in [-0.1, -0.05) is 47.3 Å². The molecule has 5 aromatic rings. The van der Waals surface area contributed by atoms with E-state index >= 15 is 0 Å². The predicted octanol–water partition coefficient (Wildman–Crippen LogP) is 5.04. The molecular formula is C25H22N8S2. The van der Waals surface area contributed by atoms with Crippen LogP contribution in [0.1, 0.15) is 17.2 Å². The van der Waals surface area contributed by atoms with E-state index in [0.717, 1.165) is 50.4 Å². The van der Waals surface area contributed by atoms with Crippen molar-refractivity contribution in [2.45, 2.75) is 30.2 Å². The number of aryl methyl sites for hydroxylation is 2. The molecule has 0 bridgehead atoms. The van der Waals surface area contributed by atoms with Gasteiger partial charge >= 0.3 is 0 Å². The first kappa shape index (κ1) is 22.0. The van der Waals surface area contributed by atoms with Gasteiger partial charge in [0.15, 0.2) is 22.0 Å². The number of pyridine rings is 2. The Hall–Kier alpha value is -3.50. The number of hydrogen-bond acceptors (Lipinski definition) is 8. The van der Waals surface area contributed by atoms with E-state index in [9.17, 15) is 0 Å². The maximum absolute atomic E-state index is 4.60. The molecule has 0 radical (unpaired) electrons. The first-order valence-corrected chi connectivity index (χ1v) is 13.2. The molecular weight excluding hydrogens is 476 g/mol. The zero-order valence-electron chi connectivity index (χ0n) is 19.2. The summed E-state index contributed by atoms with van der Waals surface area (Å²) in [6.07, 6.45) is 5.39. The maximum Gasteiger partial charge on any atom is 0.196 e. The summed E-state index contributed by atoms with van der Waals surface area (Å²) >= 11 is 3.43. The molecule has 174 valence electrons. The molecule has 1 aromatic carbocycles. The Labute approximate surface area is 211 Å². The molecule has 0 N–H and O–H groups in total. The summed E-state index contributed by atoms with van der Waals surface area (Å²) in [4.78, 5) is 8.79. The molecule has 0 amide bonds. The van der Waals surface area contributed by atoms with E-state index in [4.69, 9.17) is 0 Å². The van der Waals surface area contributed by atoms with E-state index in [2.05, 4.69) is 71.5 Å².